The smallest absolute Gasteiger partial charge is 0.322 e. The molecule has 2 N–H and O–H groups in total. The third-order valence-electron chi connectivity index (χ3n) is 1.43. The maximum absolute atomic E-state index is 11.2. The fraction of sp³-hybridized carbons (Fsp3) is 0.429. The van der Waals surface area contributed by atoms with Crippen molar-refractivity contribution < 1.29 is 14.7 Å². The number of hydrogen-bond acceptors (Lipinski definition) is 3. The van der Waals surface area contributed by atoms with Crippen LogP contribution in [0.15, 0.2) is 11.6 Å². The second-order valence-electron chi connectivity index (χ2n) is 2.43. The Balaban J connectivity index is 2.17. The standard InChI is InChI=1S/C7H10N2O3S/c10-6(11)1-2-8-7(12)9-3-4-13-5-9/h3-4H,1-2,5H2,(H,8,12)(H,10,11). The molecule has 0 unspecified atom stereocenters. The van der Waals surface area contributed by atoms with Gasteiger partial charge in [-0.25, -0.2) is 4.79 Å². The molecule has 5 nitrogen and oxygen atoms in total. The molecule has 1 aliphatic rings. The second-order valence-corrected chi connectivity index (χ2v) is 3.29. The number of carboxylic acid groups (broad SMARTS) is 1. The number of hydrogen-bond donors (Lipinski definition) is 2. The minimum atomic E-state index is -0.911. The van der Waals surface area contributed by atoms with Gasteiger partial charge in [0.25, 0.3) is 0 Å². The molecule has 13 heavy (non-hydrogen) atoms. The Bertz CT molecular complexity index is 242. The number of nitrogens with zero attached hydrogens (tertiary/aromatic N) is 1. The molecular weight excluding hydrogens is 192 g/mol. The number of carboxylic acids is 1. The lowest BCUT2D eigenvalue weighted by atomic mass is 10.4. The molecule has 0 saturated heterocycles. The van der Waals surface area contributed by atoms with Crippen LogP contribution >= 0.6 is 11.8 Å². The molecule has 6 heteroatoms. The lowest BCUT2D eigenvalue weighted by molar-refractivity contribution is -0.136. The fourth-order valence-corrected chi connectivity index (χ4v) is 1.47. The SMILES string of the molecule is O=C(O)CCNC(=O)N1C=CSC1. The molecule has 1 aliphatic heterocycles. The van der Waals surface area contributed by atoms with Crippen LogP contribution in [0.25, 0.3) is 0 Å². The van der Waals surface area contributed by atoms with Gasteiger partial charge in [0.1, 0.15) is 0 Å². The third-order valence-corrected chi connectivity index (χ3v) is 2.17. The van der Waals surface area contributed by atoms with Crippen molar-refractivity contribution in [1.29, 1.82) is 0 Å². The normalized spacial score (nSPS) is 14.6. The number of carbonyl (C=O) groups excluding carboxylic acids is 1. The van der Waals surface area contributed by atoms with Crippen molar-refractivity contribution >= 4 is 23.8 Å². The first-order valence-electron chi connectivity index (χ1n) is 3.74. The maximum atomic E-state index is 11.2. The zero-order valence-corrected chi connectivity index (χ0v) is 7.71. The summed E-state index contributed by atoms with van der Waals surface area (Å²) >= 11 is 1.52. The average molecular weight is 202 g/mol. The first-order valence-corrected chi connectivity index (χ1v) is 4.79. The van der Waals surface area contributed by atoms with E-state index in [-0.39, 0.29) is 19.0 Å². The van der Waals surface area contributed by atoms with Crippen LogP contribution in [0.5, 0.6) is 0 Å². The van der Waals surface area contributed by atoms with E-state index in [9.17, 15) is 9.59 Å². The Morgan fingerprint density at radius 2 is 2.38 bits per heavy atom. The largest absolute Gasteiger partial charge is 0.481 e. The highest BCUT2D eigenvalue weighted by Gasteiger charge is 2.12. The van der Waals surface area contributed by atoms with E-state index in [0.29, 0.717) is 5.88 Å². The second kappa shape index (κ2) is 4.76. The Kier molecular flexibility index (Phi) is 3.63. The van der Waals surface area contributed by atoms with Gasteiger partial charge in [-0.05, 0) is 5.41 Å². The highest BCUT2D eigenvalue weighted by molar-refractivity contribution is 8.02. The summed E-state index contributed by atoms with van der Waals surface area (Å²) in [6.07, 6.45) is 1.62. The van der Waals surface area contributed by atoms with Crippen molar-refractivity contribution in [3.05, 3.63) is 11.6 Å². The summed E-state index contributed by atoms with van der Waals surface area (Å²) in [5, 5.41) is 12.6. The number of carbonyl (C=O) groups is 2. The van der Waals surface area contributed by atoms with Gasteiger partial charge in [-0.3, -0.25) is 9.69 Å². The summed E-state index contributed by atoms with van der Waals surface area (Å²) < 4.78 is 0. The summed E-state index contributed by atoms with van der Waals surface area (Å²) in [7, 11) is 0. The van der Waals surface area contributed by atoms with Gasteiger partial charge in [0.05, 0.1) is 12.3 Å². The van der Waals surface area contributed by atoms with Gasteiger partial charge < -0.3 is 10.4 Å². The monoisotopic (exact) mass is 202 g/mol. The number of thioether (sulfide) groups is 1. The van der Waals surface area contributed by atoms with Gasteiger partial charge >= 0.3 is 12.0 Å². The number of urea groups is 1. The van der Waals surface area contributed by atoms with Gasteiger partial charge in [0.2, 0.25) is 0 Å². The summed E-state index contributed by atoms with van der Waals surface area (Å²) in [5.41, 5.74) is 0. The minimum absolute atomic E-state index is 0.0452. The zero-order chi connectivity index (χ0) is 9.68. The molecule has 1 rings (SSSR count). The van der Waals surface area contributed by atoms with E-state index in [1.165, 1.54) is 16.7 Å². The number of rotatable bonds is 3. The molecule has 0 aromatic carbocycles. The predicted octanol–water partition coefficient (Wildman–Crippen LogP) is 0.648. The zero-order valence-electron chi connectivity index (χ0n) is 6.90. The van der Waals surface area contributed by atoms with Crippen molar-refractivity contribution in [2.24, 2.45) is 0 Å². The van der Waals surface area contributed by atoms with Gasteiger partial charge in [0, 0.05) is 12.7 Å². The molecule has 0 atom stereocenters. The van der Waals surface area contributed by atoms with E-state index in [4.69, 9.17) is 5.11 Å². The van der Waals surface area contributed by atoms with Crippen molar-refractivity contribution in [3.63, 3.8) is 0 Å². The highest BCUT2D eigenvalue weighted by atomic mass is 32.2. The van der Waals surface area contributed by atoms with E-state index < -0.39 is 5.97 Å². The van der Waals surface area contributed by atoms with E-state index >= 15 is 0 Å². The highest BCUT2D eigenvalue weighted by Crippen LogP contribution is 2.14. The quantitative estimate of drug-likeness (QED) is 0.705. The van der Waals surface area contributed by atoms with Crippen molar-refractivity contribution in [2.45, 2.75) is 6.42 Å². The minimum Gasteiger partial charge on any atom is -0.481 e. The van der Waals surface area contributed by atoms with E-state index in [0.717, 1.165) is 0 Å². The Labute approximate surface area is 79.8 Å². The fourth-order valence-electron chi connectivity index (χ4n) is 0.787. The summed E-state index contributed by atoms with van der Waals surface area (Å²) in [4.78, 5) is 22.8. The molecule has 0 bridgehead atoms. The lowest BCUT2D eigenvalue weighted by Gasteiger charge is -2.12. The van der Waals surface area contributed by atoms with E-state index in [2.05, 4.69) is 5.32 Å². The van der Waals surface area contributed by atoms with Crippen LogP contribution in [0.2, 0.25) is 0 Å². The summed E-state index contributed by atoms with van der Waals surface area (Å²) in [6, 6.07) is -0.248. The van der Waals surface area contributed by atoms with Crippen LogP contribution in [0.4, 0.5) is 4.79 Å². The Morgan fingerprint density at radius 1 is 1.62 bits per heavy atom. The van der Waals surface area contributed by atoms with Crippen molar-refractivity contribution in [3.8, 4) is 0 Å². The van der Waals surface area contributed by atoms with Crippen LogP contribution in [-0.4, -0.2) is 34.4 Å². The molecule has 2 amide bonds. The number of nitrogens with one attached hydrogen (secondary N) is 1. The Morgan fingerprint density at radius 3 is 2.92 bits per heavy atom. The molecule has 1 heterocycles. The topological polar surface area (TPSA) is 69.6 Å². The van der Waals surface area contributed by atoms with Gasteiger partial charge in [-0.15, -0.1) is 11.8 Å². The number of amides is 2. The first-order chi connectivity index (χ1) is 6.20. The predicted molar refractivity (Wildman–Crippen MR) is 49.1 cm³/mol. The van der Waals surface area contributed by atoms with Crippen LogP contribution < -0.4 is 5.32 Å². The van der Waals surface area contributed by atoms with Gasteiger partial charge in [0.15, 0.2) is 0 Å². The molecule has 0 fully saturated rings. The molecule has 72 valence electrons. The molecule has 0 aromatic rings. The summed E-state index contributed by atoms with van der Waals surface area (Å²) in [5.74, 6) is -0.314. The van der Waals surface area contributed by atoms with Crippen LogP contribution in [0, 0.1) is 0 Å². The molecule has 0 saturated carbocycles. The third kappa shape index (κ3) is 3.37. The van der Waals surface area contributed by atoms with E-state index in [1.54, 1.807) is 6.20 Å². The summed E-state index contributed by atoms with van der Waals surface area (Å²) in [6.45, 7) is 0.170. The first kappa shape index (κ1) is 9.91. The number of aliphatic carboxylic acids is 1. The van der Waals surface area contributed by atoms with Crippen LogP contribution in [0.1, 0.15) is 6.42 Å². The Hall–Kier alpha value is -1.17. The lowest BCUT2D eigenvalue weighted by Crippen LogP contribution is -2.36. The molecule has 0 aliphatic carbocycles. The van der Waals surface area contributed by atoms with Crippen molar-refractivity contribution in [2.75, 3.05) is 12.4 Å². The van der Waals surface area contributed by atoms with Gasteiger partial charge in [-0.2, -0.15) is 0 Å². The van der Waals surface area contributed by atoms with E-state index in [1.807, 2.05) is 5.41 Å². The molecule has 0 aromatic heterocycles. The molecule has 0 radical (unpaired) electrons. The van der Waals surface area contributed by atoms with Crippen LogP contribution in [-0.2, 0) is 4.79 Å². The average Bonchev–Trinajstić information content (AvgIpc) is 2.55. The molecular formula is C7H10N2O3S. The molecule has 0 spiro atoms. The van der Waals surface area contributed by atoms with Gasteiger partial charge in [-0.1, -0.05) is 0 Å². The van der Waals surface area contributed by atoms with Crippen LogP contribution in [0.3, 0.4) is 0 Å². The maximum Gasteiger partial charge on any atom is 0.322 e. The van der Waals surface area contributed by atoms with Crippen molar-refractivity contribution in [1.82, 2.24) is 10.2 Å².